The number of hydrogen-bond acceptors (Lipinski definition) is 8. The fourth-order valence-electron chi connectivity index (χ4n) is 3.73. The van der Waals surface area contributed by atoms with E-state index in [0.717, 1.165) is 22.8 Å². The van der Waals surface area contributed by atoms with Crippen molar-refractivity contribution in [2.75, 3.05) is 6.61 Å². The average Bonchev–Trinajstić information content (AvgIpc) is 2.89. The number of nitrogens with one attached hydrogen (secondary N) is 1. The molecule has 3 aromatic rings. The van der Waals surface area contributed by atoms with Crippen molar-refractivity contribution in [1.29, 1.82) is 0 Å². The molecule has 4 rings (SSSR count). The largest absolute Gasteiger partial charge is 0.394 e. The van der Waals surface area contributed by atoms with Crippen molar-refractivity contribution in [2.24, 2.45) is 0 Å². The molecule has 1 aliphatic heterocycles. The summed E-state index contributed by atoms with van der Waals surface area (Å²) in [5, 5.41) is 42.1. The van der Waals surface area contributed by atoms with Crippen LogP contribution in [0.5, 0.6) is 0 Å². The molecule has 0 bridgehead atoms. The van der Waals surface area contributed by atoms with Crippen LogP contribution in [0.4, 0.5) is 0 Å². The Balaban J connectivity index is 1.46. The molecule has 1 saturated heterocycles. The molecule has 10 heteroatoms. The van der Waals surface area contributed by atoms with Gasteiger partial charge in [-0.1, -0.05) is 60.7 Å². The molecule has 1 amide bonds. The van der Waals surface area contributed by atoms with Gasteiger partial charge in [-0.2, -0.15) is 0 Å². The van der Waals surface area contributed by atoms with Crippen molar-refractivity contribution in [3.05, 3.63) is 94.4 Å². The maximum Gasteiger partial charge on any atom is 0.283 e. The van der Waals surface area contributed by atoms with Crippen molar-refractivity contribution < 1.29 is 34.8 Å². The number of rotatable bonds is 7. The Morgan fingerprint density at radius 2 is 1.57 bits per heavy atom. The summed E-state index contributed by atoms with van der Waals surface area (Å²) in [5.41, 5.74) is 2.04. The minimum absolute atomic E-state index is 0.171. The quantitative estimate of drug-likeness (QED) is 0.307. The van der Waals surface area contributed by atoms with Gasteiger partial charge in [0.2, 0.25) is 0 Å². The fraction of sp³-hybridized carbons (Fsp3) is 0.280. The van der Waals surface area contributed by atoms with Gasteiger partial charge in [-0.25, -0.2) is 0 Å². The van der Waals surface area contributed by atoms with Crippen LogP contribution < -0.4 is 15.7 Å². The molecule has 0 spiro atoms. The van der Waals surface area contributed by atoms with E-state index in [1.807, 2.05) is 54.6 Å². The summed E-state index contributed by atoms with van der Waals surface area (Å²) >= 11 is 0. The number of aliphatic hydroxyl groups is 4. The maximum absolute atomic E-state index is 12.9. The number of aromatic nitrogens is 1. The lowest BCUT2D eigenvalue weighted by Gasteiger charge is -2.39. The number of pyridine rings is 1. The van der Waals surface area contributed by atoms with E-state index in [4.69, 9.17) is 9.57 Å². The topological polar surface area (TPSA) is 150 Å². The first-order valence-corrected chi connectivity index (χ1v) is 11.0. The van der Waals surface area contributed by atoms with Crippen LogP contribution >= 0.6 is 0 Å². The molecule has 5 atom stereocenters. The van der Waals surface area contributed by atoms with Gasteiger partial charge in [-0.15, -0.1) is 4.73 Å². The number of benzene rings is 2. The molecule has 10 nitrogen and oxygen atoms in total. The lowest BCUT2D eigenvalue weighted by Crippen LogP contribution is -2.61. The predicted octanol–water partition coefficient (Wildman–Crippen LogP) is -0.326. The van der Waals surface area contributed by atoms with Crippen molar-refractivity contribution >= 4 is 5.91 Å². The van der Waals surface area contributed by atoms with Gasteiger partial charge in [0.25, 0.3) is 17.8 Å². The van der Waals surface area contributed by atoms with Crippen LogP contribution in [0.25, 0.3) is 11.1 Å². The van der Waals surface area contributed by atoms with E-state index in [1.54, 1.807) is 0 Å². The highest BCUT2D eigenvalue weighted by molar-refractivity contribution is 5.92. The summed E-state index contributed by atoms with van der Waals surface area (Å²) in [6, 6.07) is 21.4. The van der Waals surface area contributed by atoms with Crippen LogP contribution in [0.2, 0.25) is 0 Å². The van der Waals surface area contributed by atoms with E-state index in [2.05, 4.69) is 5.32 Å². The molecule has 35 heavy (non-hydrogen) atoms. The molecular formula is C25H26N2O8. The summed E-state index contributed by atoms with van der Waals surface area (Å²) in [6.07, 6.45) is -7.87. The van der Waals surface area contributed by atoms with Gasteiger partial charge >= 0.3 is 0 Å². The van der Waals surface area contributed by atoms with Gasteiger partial charge < -0.3 is 35.3 Å². The number of carbonyl (C=O) groups excluding carboxylic acids is 1. The highest BCUT2D eigenvalue weighted by atomic mass is 16.8. The van der Waals surface area contributed by atoms with E-state index >= 15 is 0 Å². The zero-order chi connectivity index (χ0) is 24.9. The molecule has 0 saturated carbocycles. The first-order chi connectivity index (χ1) is 16.9. The van der Waals surface area contributed by atoms with Crippen LogP contribution in [-0.2, 0) is 11.3 Å². The second-order valence-corrected chi connectivity index (χ2v) is 8.09. The van der Waals surface area contributed by atoms with E-state index in [-0.39, 0.29) is 12.2 Å². The SMILES string of the molecule is O=C(NCc1ccc(-c2ccccc2)cc1)c1cccc(=O)n1O[C@@H]1O[C@H](CO)[C@@H](O)[C@H](O)[C@H]1O. The molecule has 0 unspecified atom stereocenters. The molecule has 2 heterocycles. The fourth-order valence-corrected chi connectivity index (χ4v) is 3.73. The van der Waals surface area contributed by atoms with E-state index < -0.39 is 48.8 Å². The molecule has 1 aromatic heterocycles. The number of amides is 1. The number of ether oxygens (including phenoxy) is 1. The lowest BCUT2D eigenvalue weighted by atomic mass is 9.99. The second kappa shape index (κ2) is 10.8. The normalized spacial score (nSPS) is 24.1. The van der Waals surface area contributed by atoms with Gasteiger partial charge in [0.05, 0.1) is 6.61 Å². The summed E-state index contributed by atoms with van der Waals surface area (Å²) in [7, 11) is 0. The van der Waals surface area contributed by atoms with Crippen LogP contribution in [0.15, 0.2) is 77.6 Å². The highest BCUT2D eigenvalue weighted by Gasteiger charge is 2.45. The molecule has 0 aliphatic carbocycles. The molecule has 1 fully saturated rings. The molecule has 5 N–H and O–H groups in total. The van der Waals surface area contributed by atoms with Crippen LogP contribution in [-0.4, -0.2) is 68.4 Å². The zero-order valence-electron chi connectivity index (χ0n) is 18.6. The van der Waals surface area contributed by atoms with E-state index in [0.29, 0.717) is 4.73 Å². The first kappa shape index (κ1) is 24.6. The Hall–Kier alpha value is -3.54. The summed E-state index contributed by atoms with van der Waals surface area (Å²) < 4.78 is 5.92. The maximum atomic E-state index is 12.9. The Labute approximate surface area is 200 Å². The smallest absolute Gasteiger partial charge is 0.283 e. The monoisotopic (exact) mass is 482 g/mol. The minimum Gasteiger partial charge on any atom is -0.394 e. The third-order valence-electron chi connectivity index (χ3n) is 5.72. The first-order valence-electron chi connectivity index (χ1n) is 11.0. The standard InChI is InChI=1S/C25H26N2O8/c28-14-19-21(30)22(31)23(32)25(34-19)35-27-18(7-4-8-20(27)29)24(33)26-13-15-9-11-17(12-10-15)16-5-2-1-3-6-16/h1-12,19,21-23,25,28,30-32H,13-14H2,(H,26,33)/t19-,21-,22+,23-,25+/m1/s1. The Kier molecular flexibility index (Phi) is 7.59. The molecule has 1 aliphatic rings. The Bertz CT molecular complexity index is 1200. The third-order valence-corrected chi connectivity index (χ3v) is 5.72. The summed E-state index contributed by atoms with van der Waals surface area (Å²) in [5.74, 6) is -0.626. The third kappa shape index (κ3) is 5.42. The molecule has 0 radical (unpaired) electrons. The predicted molar refractivity (Wildman–Crippen MR) is 124 cm³/mol. The van der Waals surface area contributed by atoms with E-state index in [1.165, 1.54) is 12.1 Å². The van der Waals surface area contributed by atoms with Crippen molar-refractivity contribution in [2.45, 2.75) is 37.3 Å². The minimum atomic E-state index is -1.74. The number of carbonyl (C=O) groups is 1. The number of aliphatic hydroxyl groups excluding tert-OH is 4. The number of nitrogens with zero attached hydrogens (tertiary/aromatic N) is 1. The summed E-state index contributed by atoms with van der Waals surface area (Å²) in [4.78, 5) is 30.7. The molecule has 184 valence electrons. The van der Waals surface area contributed by atoms with Crippen molar-refractivity contribution in [1.82, 2.24) is 10.0 Å². The van der Waals surface area contributed by atoms with Crippen LogP contribution in [0.1, 0.15) is 16.1 Å². The van der Waals surface area contributed by atoms with Crippen LogP contribution in [0.3, 0.4) is 0 Å². The van der Waals surface area contributed by atoms with Gasteiger partial charge in [-0.05, 0) is 22.8 Å². The highest BCUT2D eigenvalue weighted by Crippen LogP contribution is 2.21. The average molecular weight is 482 g/mol. The van der Waals surface area contributed by atoms with Crippen molar-refractivity contribution in [3.63, 3.8) is 0 Å². The van der Waals surface area contributed by atoms with E-state index in [9.17, 15) is 30.0 Å². The molecule has 2 aromatic carbocycles. The Morgan fingerprint density at radius 3 is 2.26 bits per heavy atom. The summed E-state index contributed by atoms with van der Waals surface area (Å²) in [6.45, 7) is -0.484. The van der Waals surface area contributed by atoms with Gasteiger partial charge in [-0.3, -0.25) is 9.59 Å². The van der Waals surface area contributed by atoms with Gasteiger partial charge in [0.15, 0.2) is 0 Å². The molecular weight excluding hydrogens is 456 g/mol. The number of hydrogen-bond donors (Lipinski definition) is 5. The van der Waals surface area contributed by atoms with Crippen LogP contribution in [0, 0.1) is 0 Å². The second-order valence-electron chi connectivity index (χ2n) is 8.09. The Morgan fingerprint density at radius 1 is 0.886 bits per heavy atom. The van der Waals surface area contributed by atoms with Gasteiger partial charge in [0, 0.05) is 12.6 Å². The zero-order valence-corrected chi connectivity index (χ0v) is 18.6. The lowest BCUT2D eigenvalue weighted by molar-refractivity contribution is -0.301. The van der Waals surface area contributed by atoms with Crippen molar-refractivity contribution in [3.8, 4) is 11.1 Å². The van der Waals surface area contributed by atoms with Gasteiger partial charge in [0.1, 0.15) is 30.1 Å².